The molecule has 17 heavy (non-hydrogen) atoms. The lowest BCUT2D eigenvalue weighted by Crippen LogP contribution is -2.29. The average Bonchev–Trinajstić information content (AvgIpc) is 2.89. The standard InChI is InChI=1S/C13H16ClNO2/c14-7-10-1-3-12(4-2-10)13(16)15-8-11-5-6-17-9-11/h1-4,11H,5-9H2,(H,15,16). The molecule has 0 radical (unpaired) electrons. The summed E-state index contributed by atoms with van der Waals surface area (Å²) in [7, 11) is 0. The Morgan fingerprint density at radius 1 is 1.41 bits per heavy atom. The summed E-state index contributed by atoms with van der Waals surface area (Å²) in [6.07, 6.45) is 1.03. The Bertz CT molecular complexity index is 372. The van der Waals surface area contributed by atoms with Crippen LogP contribution in [0.25, 0.3) is 0 Å². The zero-order valence-electron chi connectivity index (χ0n) is 9.62. The fourth-order valence-corrected chi connectivity index (χ4v) is 2.01. The van der Waals surface area contributed by atoms with Crippen molar-refractivity contribution < 1.29 is 9.53 Å². The maximum absolute atomic E-state index is 11.8. The molecule has 1 aliphatic rings. The Balaban J connectivity index is 1.85. The van der Waals surface area contributed by atoms with E-state index in [2.05, 4.69) is 5.32 Å². The third kappa shape index (κ3) is 3.45. The fraction of sp³-hybridized carbons (Fsp3) is 0.462. The topological polar surface area (TPSA) is 38.3 Å². The van der Waals surface area contributed by atoms with E-state index in [1.165, 1.54) is 0 Å². The number of rotatable bonds is 4. The second-order valence-electron chi connectivity index (χ2n) is 4.27. The largest absolute Gasteiger partial charge is 0.381 e. The Labute approximate surface area is 106 Å². The fourth-order valence-electron chi connectivity index (χ4n) is 1.83. The van der Waals surface area contributed by atoms with Crippen molar-refractivity contribution in [2.24, 2.45) is 5.92 Å². The minimum atomic E-state index is -0.0296. The van der Waals surface area contributed by atoms with Crippen LogP contribution in [0.15, 0.2) is 24.3 Å². The normalized spacial score (nSPS) is 19.2. The molecule has 1 saturated heterocycles. The van der Waals surface area contributed by atoms with Crippen molar-refractivity contribution in [3.8, 4) is 0 Å². The van der Waals surface area contributed by atoms with Crippen LogP contribution in [0.4, 0.5) is 0 Å². The number of ether oxygens (including phenoxy) is 1. The summed E-state index contributed by atoms with van der Waals surface area (Å²) in [5, 5.41) is 2.93. The Kier molecular flexibility index (Phi) is 4.40. The van der Waals surface area contributed by atoms with Crippen molar-refractivity contribution in [3.05, 3.63) is 35.4 Å². The first kappa shape index (κ1) is 12.4. The van der Waals surface area contributed by atoms with Gasteiger partial charge in [0.05, 0.1) is 6.61 Å². The minimum Gasteiger partial charge on any atom is -0.381 e. The zero-order chi connectivity index (χ0) is 12.1. The summed E-state index contributed by atoms with van der Waals surface area (Å²) in [4.78, 5) is 11.8. The molecule has 1 amide bonds. The summed E-state index contributed by atoms with van der Waals surface area (Å²) >= 11 is 5.69. The van der Waals surface area contributed by atoms with Gasteiger partial charge < -0.3 is 10.1 Å². The molecule has 1 aromatic rings. The minimum absolute atomic E-state index is 0.0296. The van der Waals surface area contributed by atoms with Crippen LogP contribution in [0.5, 0.6) is 0 Å². The summed E-state index contributed by atoms with van der Waals surface area (Å²) in [5.74, 6) is 0.903. The third-order valence-corrected chi connectivity index (χ3v) is 3.25. The highest BCUT2D eigenvalue weighted by Crippen LogP contribution is 2.11. The molecule has 1 aromatic carbocycles. The highest BCUT2D eigenvalue weighted by Gasteiger charge is 2.16. The molecule has 3 nitrogen and oxygen atoms in total. The van der Waals surface area contributed by atoms with Crippen LogP contribution < -0.4 is 5.32 Å². The molecule has 1 unspecified atom stereocenters. The van der Waals surface area contributed by atoms with E-state index in [1.54, 1.807) is 12.1 Å². The highest BCUT2D eigenvalue weighted by molar-refractivity contribution is 6.17. The van der Waals surface area contributed by atoms with E-state index in [-0.39, 0.29) is 5.91 Å². The second kappa shape index (κ2) is 6.03. The van der Waals surface area contributed by atoms with Gasteiger partial charge in [0.25, 0.3) is 5.91 Å². The van der Waals surface area contributed by atoms with Crippen LogP contribution in [0.2, 0.25) is 0 Å². The molecule has 1 atom stereocenters. The van der Waals surface area contributed by atoms with E-state index < -0.39 is 0 Å². The molecule has 4 heteroatoms. The van der Waals surface area contributed by atoms with Gasteiger partial charge in [-0.3, -0.25) is 4.79 Å². The zero-order valence-corrected chi connectivity index (χ0v) is 10.4. The molecule has 2 rings (SSSR count). The summed E-state index contributed by atoms with van der Waals surface area (Å²) in [6, 6.07) is 7.36. The van der Waals surface area contributed by atoms with Gasteiger partial charge in [-0.25, -0.2) is 0 Å². The lowest BCUT2D eigenvalue weighted by Gasteiger charge is -2.09. The quantitative estimate of drug-likeness (QED) is 0.836. The average molecular weight is 254 g/mol. The molecule has 1 aliphatic heterocycles. The molecule has 1 fully saturated rings. The van der Waals surface area contributed by atoms with Crippen molar-refractivity contribution in [1.29, 1.82) is 0 Å². The van der Waals surface area contributed by atoms with Gasteiger partial charge in [0.15, 0.2) is 0 Å². The number of hydrogen-bond acceptors (Lipinski definition) is 2. The van der Waals surface area contributed by atoms with Gasteiger partial charge in [0.2, 0.25) is 0 Å². The lowest BCUT2D eigenvalue weighted by molar-refractivity contribution is 0.0945. The Hall–Kier alpha value is -1.06. The van der Waals surface area contributed by atoms with E-state index in [4.69, 9.17) is 16.3 Å². The van der Waals surface area contributed by atoms with E-state index in [0.717, 1.165) is 25.2 Å². The van der Waals surface area contributed by atoms with Crippen LogP contribution in [0.3, 0.4) is 0 Å². The van der Waals surface area contributed by atoms with Gasteiger partial charge in [-0.1, -0.05) is 12.1 Å². The van der Waals surface area contributed by atoms with E-state index in [9.17, 15) is 4.79 Å². The Morgan fingerprint density at radius 2 is 2.18 bits per heavy atom. The SMILES string of the molecule is O=C(NCC1CCOC1)c1ccc(CCl)cc1. The first-order chi connectivity index (χ1) is 8.29. The van der Waals surface area contributed by atoms with Crippen LogP contribution in [0, 0.1) is 5.92 Å². The summed E-state index contributed by atoms with van der Waals surface area (Å²) in [6.45, 7) is 2.26. The first-order valence-electron chi connectivity index (χ1n) is 5.80. The van der Waals surface area contributed by atoms with Gasteiger partial charge >= 0.3 is 0 Å². The molecule has 0 bridgehead atoms. The Morgan fingerprint density at radius 3 is 2.76 bits per heavy atom. The highest BCUT2D eigenvalue weighted by atomic mass is 35.5. The van der Waals surface area contributed by atoms with Crippen LogP contribution >= 0.6 is 11.6 Å². The molecule has 1 N–H and O–H groups in total. The van der Waals surface area contributed by atoms with E-state index in [1.807, 2.05) is 12.1 Å². The molecule has 0 spiro atoms. The molecule has 92 valence electrons. The lowest BCUT2D eigenvalue weighted by atomic mass is 10.1. The number of hydrogen-bond donors (Lipinski definition) is 1. The second-order valence-corrected chi connectivity index (χ2v) is 4.54. The van der Waals surface area contributed by atoms with Crippen LogP contribution in [-0.4, -0.2) is 25.7 Å². The predicted octanol–water partition coefficient (Wildman–Crippen LogP) is 2.19. The number of nitrogens with one attached hydrogen (secondary N) is 1. The maximum Gasteiger partial charge on any atom is 0.251 e. The number of amides is 1. The maximum atomic E-state index is 11.8. The first-order valence-corrected chi connectivity index (χ1v) is 6.34. The molecular weight excluding hydrogens is 238 g/mol. The number of benzene rings is 1. The van der Waals surface area contributed by atoms with Gasteiger partial charge in [0.1, 0.15) is 0 Å². The molecule has 0 aromatic heterocycles. The van der Waals surface area contributed by atoms with E-state index >= 15 is 0 Å². The van der Waals surface area contributed by atoms with Crippen LogP contribution in [-0.2, 0) is 10.6 Å². The molecule has 0 saturated carbocycles. The van der Waals surface area contributed by atoms with Gasteiger partial charge in [-0.05, 0) is 24.1 Å². The molecule has 0 aliphatic carbocycles. The predicted molar refractivity (Wildman–Crippen MR) is 67.3 cm³/mol. The van der Waals surface area contributed by atoms with Crippen molar-refractivity contribution in [1.82, 2.24) is 5.32 Å². The smallest absolute Gasteiger partial charge is 0.251 e. The third-order valence-electron chi connectivity index (χ3n) is 2.95. The van der Waals surface area contributed by atoms with Gasteiger partial charge in [-0.2, -0.15) is 0 Å². The number of carbonyl (C=O) groups is 1. The number of alkyl halides is 1. The number of carbonyl (C=O) groups excluding carboxylic acids is 1. The van der Waals surface area contributed by atoms with E-state index in [0.29, 0.717) is 23.9 Å². The van der Waals surface area contributed by atoms with Crippen molar-refractivity contribution in [2.45, 2.75) is 12.3 Å². The van der Waals surface area contributed by atoms with Gasteiger partial charge in [0, 0.05) is 30.5 Å². The van der Waals surface area contributed by atoms with Crippen molar-refractivity contribution >= 4 is 17.5 Å². The monoisotopic (exact) mass is 253 g/mol. The number of halogens is 1. The summed E-state index contributed by atoms with van der Waals surface area (Å²) in [5.41, 5.74) is 1.70. The summed E-state index contributed by atoms with van der Waals surface area (Å²) < 4.78 is 5.26. The van der Waals surface area contributed by atoms with Crippen LogP contribution in [0.1, 0.15) is 22.3 Å². The molecule has 1 heterocycles. The van der Waals surface area contributed by atoms with Crippen molar-refractivity contribution in [2.75, 3.05) is 19.8 Å². The van der Waals surface area contributed by atoms with Gasteiger partial charge in [-0.15, -0.1) is 11.6 Å². The molecular formula is C13H16ClNO2. The van der Waals surface area contributed by atoms with Crippen molar-refractivity contribution in [3.63, 3.8) is 0 Å².